The molecule has 0 aliphatic heterocycles. The fourth-order valence-corrected chi connectivity index (χ4v) is 7.03. The molecule has 0 amide bonds. The second-order valence-corrected chi connectivity index (χ2v) is 9.99. The maximum atomic E-state index is 5.92. The fraction of sp³-hybridized carbons (Fsp3) is 1.00. The van der Waals surface area contributed by atoms with Gasteiger partial charge >= 0.3 is 17.4 Å². The first-order valence-corrected chi connectivity index (χ1v) is 9.55. The van der Waals surface area contributed by atoms with Crippen molar-refractivity contribution in [3.8, 4) is 0 Å². The van der Waals surface area contributed by atoms with Crippen LogP contribution in [0.25, 0.3) is 0 Å². The van der Waals surface area contributed by atoms with E-state index in [0.717, 1.165) is 12.5 Å². The molecular formula is C8H22O4Si2. The summed E-state index contributed by atoms with van der Waals surface area (Å²) < 4.78 is 22.0. The highest BCUT2D eigenvalue weighted by Crippen LogP contribution is 2.21. The lowest BCUT2D eigenvalue weighted by Gasteiger charge is -2.33. The molecule has 86 valence electrons. The molecule has 0 fully saturated rings. The Morgan fingerprint density at radius 2 is 1.43 bits per heavy atom. The van der Waals surface area contributed by atoms with Crippen molar-refractivity contribution in [2.75, 3.05) is 21.3 Å². The second kappa shape index (κ2) is 5.99. The fourth-order valence-electron chi connectivity index (χ4n) is 1.21. The highest BCUT2D eigenvalue weighted by Gasteiger charge is 2.43. The average molecular weight is 238 g/mol. The van der Waals surface area contributed by atoms with Crippen LogP contribution in [0, 0.1) is 0 Å². The van der Waals surface area contributed by atoms with E-state index in [2.05, 4.69) is 6.92 Å². The summed E-state index contributed by atoms with van der Waals surface area (Å²) in [6, 6.07) is 0.957. The number of rotatable bonds is 7. The summed E-state index contributed by atoms with van der Waals surface area (Å²) in [7, 11) is 0.388. The highest BCUT2D eigenvalue weighted by atomic mass is 28.5. The van der Waals surface area contributed by atoms with Crippen molar-refractivity contribution >= 4 is 17.4 Å². The Morgan fingerprint density at radius 1 is 0.929 bits per heavy atom. The normalized spacial score (nSPS) is 16.7. The van der Waals surface area contributed by atoms with Crippen LogP contribution in [-0.4, -0.2) is 38.7 Å². The Hall–Kier alpha value is 0.274. The molecule has 0 aromatic rings. The zero-order chi connectivity index (χ0) is 11.2. The van der Waals surface area contributed by atoms with Gasteiger partial charge in [0, 0.05) is 27.9 Å². The van der Waals surface area contributed by atoms with Gasteiger partial charge in [-0.05, 0) is 12.6 Å². The summed E-state index contributed by atoms with van der Waals surface area (Å²) in [5, 5.41) is 0. The van der Waals surface area contributed by atoms with Crippen LogP contribution in [0.1, 0.15) is 13.3 Å². The molecule has 0 saturated heterocycles. The molecule has 0 aliphatic carbocycles. The predicted octanol–water partition coefficient (Wildman–Crippen LogP) is 1.99. The zero-order valence-electron chi connectivity index (χ0n) is 10.0. The lowest BCUT2D eigenvalue weighted by molar-refractivity contribution is 0.143. The van der Waals surface area contributed by atoms with Gasteiger partial charge in [0.15, 0.2) is 0 Å². The van der Waals surface area contributed by atoms with Crippen LogP contribution in [0.5, 0.6) is 0 Å². The highest BCUT2D eigenvalue weighted by molar-refractivity contribution is 6.77. The molecule has 0 rings (SSSR count). The van der Waals surface area contributed by atoms with Crippen LogP contribution in [0.2, 0.25) is 19.1 Å². The van der Waals surface area contributed by atoms with Gasteiger partial charge in [0.05, 0.1) is 0 Å². The van der Waals surface area contributed by atoms with Crippen LogP contribution in [0.15, 0.2) is 0 Å². The summed E-state index contributed by atoms with van der Waals surface area (Å²) in [6.07, 6.45) is 1.05. The van der Waals surface area contributed by atoms with Gasteiger partial charge in [-0.25, -0.2) is 0 Å². The summed E-state index contributed by atoms with van der Waals surface area (Å²) in [5.74, 6) is 0. The van der Waals surface area contributed by atoms with Crippen LogP contribution in [0.4, 0.5) is 0 Å². The molecule has 0 aromatic carbocycles. The van der Waals surface area contributed by atoms with E-state index in [1.165, 1.54) is 0 Å². The van der Waals surface area contributed by atoms with Crippen molar-refractivity contribution in [3.05, 3.63) is 0 Å². The third-order valence-corrected chi connectivity index (χ3v) is 9.24. The van der Waals surface area contributed by atoms with E-state index in [4.69, 9.17) is 17.4 Å². The number of hydrogen-bond acceptors (Lipinski definition) is 4. The lowest BCUT2D eigenvalue weighted by Crippen LogP contribution is -2.52. The Morgan fingerprint density at radius 3 is 1.71 bits per heavy atom. The SMILES string of the molecule is CCC[Si](C)(OC)O[Si](C)(OC)OC. The smallest absolute Gasteiger partial charge is 0.398 e. The van der Waals surface area contributed by atoms with Crippen molar-refractivity contribution in [2.24, 2.45) is 0 Å². The maximum absolute atomic E-state index is 5.92. The Balaban J connectivity index is 4.41. The molecule has 4 nitrogen and oxygen atoms in total. The van der Waals surface area contributed by atoms with E-state index in [-0.39, 0.29) is 0 Å². The Bertz CT molecular complexity index is 163. The van der Waals surface area contributed by atoms with E-state index >= 15 is 0 Å². The van der Waals surface area contributed by atoms with Crippen molar-refractivity contribution in [1.29, 1.82) is 0 Å². The van der Waals surface area contributed by atoms with Crippen LogP contribution >= 0.6 is 0 Å². The summed E-state index contributed by atoms with van der Waals surface area (Å²) in [5.41, 5.74) is 0. The molecule has 0 aliphatic rings. The van der Waals surface area contributed by atoms with Crippen molar-refractivity contribution in [3.63, 3.8) is 0 Å². The topological polar surface area (TPSA) is 36.9 Å². The maximum Gasteiger partial charge on any atom is 0.488 e. The predicted molar refractivity (Wildman–Crippen MR) is 60.4 cm³/mol. The molecular weight excluding hydrogens is 216 g/mol. The minimum atomic E-state index is -2.45. The van der Waals surface area contributed by atoms with Crippen molar-refractivity contribution < 1.29 is 17.4 Å². The first-order valence-electron chi connectivity index (χ1n) is 4.81. The van der Waals surface area contributed by atoms with Crippen LogP contribution in [-0.2, 0) is 17.4 Å². The third kappa shape index (κ3) is 4.20. The van der Waals surface area contributed by atoms with E-state index in [0.29, 0.717) is 0 Å². The van der Waals surface area contributed by atoms with Crippen molar-refractivity contribution in [2.45, 2.75) is 32.5 Å². The molecule has 0 N–H and O–H groups in total. The average Bonchev–Trinajstić information content (AvgIpc) is 2.18. The molecule has 0 spiro atoms. The van der Waals surface area contributed by atoms with E-state index < -0.39 is 17.4 Å². The summed E-state index contributed by atoms with van der Waals surface area (Å²) >= 11 is 0. The van der Waals surface area contributed by atoms with E-state index in [1.54, 1.807) is 21.3 Å². The van der Waals surface area contributed by atoms with E-state index in [1.807, 2.05) is 13.1 Å². The first-order chi connectivity index (χ1) is 6.45. The first kappa shape index (κ1) is 14.3. The van der Waals surface area contributed by atoms with Crippen molar-refractivity contribution in [1.82, 2.24) is 0 Å². The monoisotopic (exact) mass is 238 g/mol. The molecule has 6 heteroatoms. The van der Waals surface area contributed by atoms with Gasteiger partial charge in [0.2, 0.25) is 0 Å². The quantitative estimate of drug-likeness (QED) is 0.636. The molecule has 1 atom stereocenters. The van der Waals surface area contributed by atoms with Gasteiger partial charge in [-0.15, -0.1) is 0 Å². The molecule has 0 bridgehead atoms. The Kier molecular flexibility index (Phi) is 6.11. The molecule has 0 saturated carbocycles. The van der Waals surface area contributed by atoms with E-state index in [9.17, 15) is 0 Å². The largest absolute Gasteiger partial charge is 0.488 e. The molecule has 0 aromatic heterocycles. The van der Waals surface area contributed by atoms with Crippen LogP contribution < -0.4 is 0 Å². The van der Waals surface area contributed by atoms with Gasteiger partial charge in [-0.1, -0.05) is 13.3 Å². The van der Waals surface area contributed by atoms with Crippen LogP contribution in [0.3, 0.4) is 0 Å². The minimum absolute atomic E-state index is 0.957. The van der Waals surface area contributed by atoms with Gasteiger partial charge in [0.1, 0.15) is 0 Å². The van der Waals surface area contributed by atoms with Gasteiger partial charge in [-0.3, -0.25) is 0 Å². The van der Waals surface area contributed by atoms with Gasteiger partial charge in [-0.2, -0.15) is 0 Å². The van der Waals surface area contributed by atoms with Gasteiger partial charge < -0.3 is 17.4 Å². The standard InChI is InChI=1S/C8H22O4Si2/c1-7-8-13(5,9-2)12-14(6,10-3)11-4/h7-8H2,1-6H3. The third-order valence-electron chi connectivity index (χ3n) is 2.28. The molecule has 14 heavy (non-hydrogen) atoms. The zero-order valence-corrected chi connectivity index (χ0v) is 12.0. The molecule has 0 radical (unpaired) electrons. The molecule has 1 unspecified atom stereocenters. The van der Waals surface area contributed by atoms with Gasteiger partial charge in [0.25, 0.3) is 0 Å². The lowest BCUT2D eigenvalue weighted by atomic mass is 10.6. The second-order valence-electron chi connectivity index (χ2n) is 3.46. The summed E-state index contributed by atoms with van der Waals surface area (Å²) in [4.78, 5) is 0. The number of hydrogen-bond donors (Lipinski definition) is 0. The summed E-state index contributed by atoms with van der Waals surface area (Å²) in [6.45, 7) is 6.04. The Labute approximate surface area is 89.1 Å². The minimum Gasteiger partial charge on any atom is -0.398 e. The molecule has 0 heterocycles.